The molecule has 7 nitrogen and oxygen atoms in total. The molecule has 0 saturated carbocycles. The maximum Gasteiger partial charge on any atom is 0.342 e. The number of anilines is 1. The Morgan fingerprint density at radius 2 is 2.04 bits per heavy atom. The zero-order valence-electron chi connectivity index (χ0n) is 14.5. The lowest BCUT2D eigenvalue weighted by Crippen LogP contribution is -2.45. The van der Waals surface area contributed by atoms with E-state index in [-0.39, 0.29) is 22.8 Å². The van der Waals surface area contributed by atoms with E-state index >= 15 is 0 Å². The van der Waals surface area contributed by atoms with E-state index in [9.17, 15) is 19.1 Å². The second kappa shape index (κ2) is 6.24. The smallest absolute Gasteiger partial charge is 0.342 e. The summed E-state index contributed by atoms with van der Waals surface area (Å²) in [5.41, 5.74) is -0.597. The average molecular weight is 378 g/mol. The highest BCUT2D eigenvalue weighted by molar-refractivity contribution is 7.99. The fourth-order valence-electron chi connectivity index (χ4n) is 3.52. The zero-order valence-corrected chi connectivity index (χ0v) is 15.3. The number of carboxylic acids is 1. The predicted octanol–water partition coefficient (Wildman–Crippen LogP) is 1.65. The van der Waals surface area contributed by atoms with Gasteiger partial charge in [0, 0.05) is 38.0 Å². The number of aromatic nitrogens is 2. The molecule has 2 aromatic rings. The van der Waals surface area contributed by atoms with Crippen LogP contribution >= 0.6 is 11.8 Å². The number of likely N-dealkylation sites (N-methyl/N-ethyl adjacent to an activating group) is 1. The topological polar surface area (TPSA) is 78.7 Å². The molecule has 0 aliphatic carbocycles. The number of pyridine rings is 2. The molecule has 0 bridgehead atoms. The molecular weight excluding hydrogens is 359 g/mol. The normalized spacial score (nSPS) is 20.6. The van der Waals surface area contributed by atoms with Crippen molar-refractivity contribution in [1.82, 2.24) is 14.5 Å². The van der Waals surface area contributed by atoms with E-state index in [0.717, 1.165) is 19.2 Å². The van der Waals surface area contributed by atoms with Crippen LogP contribution < -0.4 is 10.3 Å². The van der Waals surface area contributed by atoms with Gasteiger partial charge in [0.2, 0.25) is 5.43 Å². The molecule has 138 valence electrons. The van der Waals surface area contributed by atoms with Gasteiger partial charge in [-0.15, -0.1) is 11.8 Å². The van der Waals surface area contributed by atoms with Crippen molar-refractivity contribution in [1.29, 1.82) is 0 Å². The monoisotopic (exact) mass is 378 g/mol. The Bertz CT molecular complexity index is 969. The molecule has 2 aromatic heterocycles. The number of carbonyl (C=O) groups is 1. The number of fused-ring (bicyclic) bond motifs is 3. The molecule has 26 heavy (non-hydrogen) atoms. The van der Waals surface area contributed by atoms with E-state index in [1.807, 2.05) is 18.9 Å². The molecule has 2 aliphatic heterocycles. The summed E-state index contributed by atoms with van der Waals surface area (Å²) in [6.07, 6.45) is 0. The third-order valence-electron chi connectivity index (χ3n) is 4.99. The standard InChI is InChI=1S/C17H19FN4O3S/c1-9-8-26-16-12(17(24)25)13(23)10-7-11(18)15(19-14(10)22(9)16)21-5-3-20(2)4-6-21/h7,9H,3-6,8H2,1-2H3,(H,24,25). The van der Waals surface area contributed by atoms with Crippen molar-refractivity contribution in [2.24, 2.45) is 0 Å². The lowest BCUT2D eigenvalue weighted by Gasteiger charge is -2.33. The van der Waals surface area contributed by atoms with Gasteiger partial charge in [-0.05, 0) is 20.0 Å². The molecule has 0 radical (unpaired) electrons. The van der Waals surface area contributed by atoms with Gasteiger partial charge in [-0.2, -0.15) is 0 Å². The van der Waals surface area contributed by atoms with Crippen LogP contribution in [-0.2, 0) is 0 Å². The first-order valence-corrected chi connectivity index (χ1v) is 9.45. The number of halogens is 1. The summed E-state index contributed by atoms with van der Waals surface area (Å²) >= 11 is 1.33. The number of aromatic carboxylic acids is 1. The third kappa shape index (κ3) is 2.57. The molecule has 1 saturated heterocycles. The number of hydrogen-bond acceptors (Lipinski definition) is 6. The van der Waals surface area contributed by atoms with Crippen LogP contribution in [0.5, 0.6) is 0 Å². The molecule has 0 aromatic carbocycles. The maximum absolute atomic E-state index is 14.7. The number of piperazine rings is 1. The Labute approximate surface area is 153 Å². The van der Waals surface area contributed by atoms with E-state index in [0.29, 0.717) is 29.5 Å². The minimum atomic E-state index is -1.29. The average Bonchev–Trinajstić information content (AvgIpc) is 2.97. The van der Waals surface area contributed by atoms with Crippen LogP contribution in [0.1, 0.15) is 23.3 Å². The number of rotatable bonds is 2. The largest absolute Gasteiger partial charge is 0.477 e. The fourth-order valence-corrected chi connectivity index (χ4v) is 4.80. The first-order chi connectivity index (χ1) is 12.4. The Morgan fingerprint density at radius 3 is 2.69 bits per heavy atom. The lowest BCUT2D eigenvalue weighted by atomic mass is 10.1. The number of hydrogen-bond donors (Lipinski definition) is 1. The minimum Gasteiger partial charge on any atom is -0.477 e. The number of thioether (sulfide) groups is 1. The summed E-state index contributed by atoms with van der Waals surface area (Å²) in [6.45, 7) is 4.86. The molecule has 9 heteroatoms. The van der Waals surface area contributed by atoms with Crippen molar-refractivity contribution in [3.63, 3.8) is 0 Å². The van der Waals surface area contributed by atoms with Gasteiger partial charge < -0.3 is 19.5 Å². The van der Waals surface area contributed by atoms with Crippen molar-refractivity contribution >= 4 is 34.6 Å². The van der Waals surface area contributed by atoms with Crippen LogP contribution in [0, 0.1) is 5.82 Å². The molecule has 0 amide bonds. The first kappa shape index (κ1) is 17.3. The van der Waals surface area contributed by atoms with Gasteiger partial charge in [-0.25, -0.2) is 14.2 Å². The molecule has 1 N–H and O–H groups in total. The van der Waals surface area contributed by atoms with Crippen LogP contribution in [0.2, 0.25) is 0 Å². The van der Waals surface area contributed by atoms with Gasteiger partial charge in [0.1, 0.15) is 11.2 Å². The molecule has 1 atom stereocenters. The molecule has 1 unspecified atom stereocenters. The van der Waals surface area contributed by atoms with E-state index in [1.165, 1.54) is 11.8 Å². The van der Waals surface area contributed by atoms with Crippen molar-refractivity contribution in [3.05, 3.63) is 27.7 Å². The summed E-state index contributed by atoms with van der Waals surface area (Å²) in [5.74, 6) is -0.992. The second-order valence-electron chi connectivity index (χ2n) is 6.80. The Hall–Kier alpha value is -2.13. The SMILES string of the molecule is CC1CSc2c(C(=O)O)c(=O)c3cc(F)c(N4CCN(C)CC4)nc3n21. The Morgan fingerprint density at radius 1 is 1.35 bits per heavy atom. The molecule has 0 spiro atoms. The highest BCUT2D eigenvalue weighted by Crippen LogP contribution is 2.37. The van der Waals surface area contributed by atoms with Crippen molar-refractivity contribution in [3.8, 4) is 0 Å². The number of carboxylic acid groups (broad SMARTS) is 1. The maximum atomic E-state index is 14.7. The lowest BCUT2D eigenvalue weighted by molar-refractivity contribution is 0.0690. The van der Waals surface area contributed by atoms with Crippen LogP contribution in [-0.4, -0.2) is 64.5 Å². The van der Waals surface area contributed by atoms with Gasteiger partial charge in [-0.1, -0.05) is 0 Å². The van der Waals surface area contributed by atoms with E-state index in [2.05, 4.69) is 9.88 Å². The fraction of sp³-hybridized carbons (Fsp3) is 0.471. The van der Waals surface area contributed by atoms with Gasteiger partial charge in [-0.3, -0.25) is 4.79 Å². The van der Waals surface area contributed by atoms with E-state index in [4.69, 9.17) is 0 Å². The van der Waals surface area contributed by atoms with Gasteiger partial charge in [0.25, 0.3) is 0 Å². The predicted molar refractivity (Wildman–Crippen MR) is 98.1 cm³/mol. The molecule has 4 rings (SSSR count). The molecule has 1 fully saturated rings. The molecular formula is C17H19FN4O3S. The van der Waals surface area contributed by atoms with Gasteiger partial charge in [0.05, 0.1) is 10.4 Å². The van der Waals surface area contributed by atoms with Crippen LogP contribution in [0.4, 0.5) is 10.2 Å². The van der Waals surface area contributed by atoms with Crippen molar-refractivity contribution in [2.75, 3.05) is 43.9 Å². The van der Waals surface area contributed by atoms with Crippen LogP contribution in [0.15, 0.2) is 15.9 Å². The summed E-state index contributed by atoms with van der Waals surface area (Å²) in [4.78, 5) is 32.8. The van der Waals surface area contributed by atoms with Crippen molar-refractivity contribution < 1.29 is 14.3 Å². The molecule has 4 heterocycles. The quantitative estimate of drug-likeness (QED) is 0.851. The van der Waals surface area contributed by atoms with E-state index < -0.39 is 17.2 Å². The minimum absolute atomic E-state index is 0.0190. The van der Waals surface area contributed by atoms with E-state index in [1.54, 1.807) is 4.57 Å². The summed E-state index contributed by atoms with van der Waals surface area (Å²) < 4.78 is 16.5. The summed E-state index contributed by atoms with van der Waals surface area (Å²) in [6, 6.07) is 1.13. The molecule has 2 aliphatic rings. The van der Waals surface area contributed by atoms with Gasteiger partial charge >= 0.3 is 5.97 Å². The Kier molecular flexibility index (Phi) is 4.15. The number of nitrogens with zero attached hydrogens (tertiary/aromatic N) is 4. The van der Waals surface area contributed by atoms with Gasteiger partial charge in [0.15, 0.2) is 11.6 Å². The van der Waals surface area contributed by atoms with Crippen LogP contribution in [0.25, 0.3) is 11.0 Å². The highest BCUT2D eigenvalue weighted by atomic mass is 32.2. The third-order valence-corrected chi connectivity index (χ3v) is 6.31. The Balaban J connectivity index is 1.96. The summed E-state index contributed by atoms with van der Waals surface area (Å²) in [7, 11) is 2.01. The second-order valence-corrected chi connectivity index (χ2v) is 7.81. The zero-order chi connectivity index (χ0) is 18.6. The summed E-state index contributed by atoms with van der Waals surface area (Å²) in [5, 5.41) is 9.91. The highest BCUT2D eigenvalue weighted by Gasteiger charge is 2.31. The first-order valence-electron chi connectivity index (χ1n) is 8.46. The van der Waals surface area contributed by atoms with Crippen LogP contribution in [0.3, 0.4) is 0 Å². The van der Waals surface area contributed by atoms with Crippen molar-refractivity contribution in [2.45, 2.75) is 18.0 Å².